The molecule has 3 aromatic carbocycles. The maximum absolute atomic E-state index is 10.4. The normalized spacial score (nSPS) is 12.9. The third-order valence-electron chi connectivity index (χ3n) is 6.03. The first-order chi connectivity index (χ1) is 17.1. The first kappa shape index (κ1) is 26.8. The van der Waals surface area contributed by atoms with E-state index < -0.39 is 12.2 Å². The second-order valence-corrected chi connectivity index (χ2v) is 9.11. The van der Waals surface area contributed by atoms with Crippen LogP contribution in [0.3, 0.4) is 0 Å². The fourth-order valence-corrected chi connectivity index (χ4v) is 3.97. The summed E-state index contributed by atoms with van der Waals surface area (Å²) in [5.41, 5.74) is 0. The van der Waals surface area contributed by atoms with Crippen molar-refractivity contribution < 1.29 is 24.4 Å². The Labute approximate surface area is 209 Å². The van der Waals surface area contributed by atoms with Gasteiger partial charge < -0.3 is 24.4 Å². The number of hydrogen-bond acceptors (Lipinski definition) is 5. The molecule has 190 valence electrons. The molecule has 0 saturated heterocycles. The predicted molar refractivity (Wildman–Crippen MR) is 142 cm³/mol. The minimum absolute atomic E-state index is 0.209. The van der Waals surface area contributed by atoms with Gasteiger partial charge >= 0.3 is 0 Å². The molecule has 2 N–H and O–H groups in total. The maximum atomic E-state index is 10.4. The molecule has 5 heteroatoms. The first-order valence-electron chi connectivity index (χ1n) is 13.0. The van der Waals surface area contributed by atoms with Crippen molar-refractivity contribution in [1.29, 1.82) is 0 Å². The molecule has 0 heterocycles. The lowest BCUT2D eigenvalue weighted by atomic mass is 10.1. The van der Waals surface area contributed by atoms with E-state index in [0.29, 0.717) is 23.0 Å². The van der Waals surface area contributed by atoms with Gasteiger partial charge in [0.1, 0.15) is 24.7 Å². The molecule has 0 aliphatic heterocycles. The van der Waals surface area contributed by atoms with Crippen LogP contribution < -0.4 is 14.2 Å². The summed E-state index contributed by atoms with van der Waals surface area (Å²) in [7, 11) is 0. The number of ether oxygens (including phenoxy) is 3. The molecule has 0 spiro atoms. The van der Waals surface area contributed by atoms with Crippen molar-refractivity contribution in [2.45, 2.75) is 77.4 Å². The average Bonchev–Trinajstić information content (AvgIpc) is 2.88. The number of hydrogen-bond donors (Lipinski definition) is 2. The molecule has 0 aliphatic rings. The monoisotopic (exact) mass is 480 g/mol. The third-order valence-corrected chi connectivity index (χ3v) is 6.03. The number of fused-ring (bicyclic) bond motifs is 1. The van der Waals surface area contributed by atoms with Gasteiger partial charge in [-0.25, -0.2) is 0 Å². The second kappa shape index (κ2) is 14.6. The Kier molecular flexibility index (Phi) is 11.2. The highest BCUT2D eigenvalue weighted by Crippen LogP contribution is 2.40. The summed E-state index contributed by atoms with van der Waals surface area (Å²) in [5, 5.41) is 22.5. The van der Waals surface area contributed by atoms with Crippen molar-refractivity contribution in [3.05, 3.63) is 60.7 Å². The van der Waals surface area contributed by atoms with Crippen LogP contribution >= 0.6 is 0 Å². The minimum Gasteiger partial charge on any atom is -0.491 e. The molecule has 0 amide bonds. The Morgan fingerprint density at radius 1 is 0.686 bits per heavy atom. The number of aliphatic hydroxyl groups excluding tert-OH is 2. The molecule has 0 radical (unpaired) electrons. The lowest BCUT2D eigenvalue weighted by molar-refractivity contribution is 0.0965. The Balaban J connectivity index is 1.80. The summed E-state index contributed by atoms with van der Waals surface area (Å²) in [5.74, 6) is 2.53. The Morgan fingerprint density at radius 3 is 1.97 bits per heavy atom. The molecule has 3 aromatic rings. The summed E-state index contributed by atoms with van der Waals surface area (Å²) in [4.78, 5) is 0. The summed E-state index contributed by atoms with van der Waals surface area (Å²) in [6.07, 6.45) is 6.89. The van der Waals surface area contributed by atoms with Gasteiger partial charge in [-0.15, -0.1) is 0 Å². The van der Waals surface area contributed by atoms with Crippen LogP contribution in [0.4, 0.5) is 0 Å². The Bertz CT molecular complexity index is 999. The van der Waals surface area contributed by atoms with Crippen LogP contribution in [-0.4, -0.2) is 35.6 Å². The zero-order chi connectivity index (χ0) is 24.9. The summed E-state index contributed by atoms with van der Waals surface area (Å²) < 4.78 is 18.3. The van der Waals surface area contributed by atoms with Gasteiger partial charge in [0.2, 0.25) is 0 Å². The molecule has 0 aromatic heterocycles. The highest BCUT2D eigenvalue weighted by atomic mass is 16.5. The van der Waals surface area contributed by atoms with E-state index in [-0.39, 0.29) is 13.2 Å². The number of rotatable bonds is 16. The van der Waals surface area contributed by atoms with Crippen molar-refractivity contribution in [1.82, 2.24) is 0 Å². The predicted octanol–water partition coefficient (Wildman–Crippen LogP) is 7.27. The first-order valence-corrected chi connectivity index (χ1v) is 13.0. The lowest BCUT2D eigenvalue weighted by Crippen LogP contribution is -2.17. The van der Waals surface area contributed by atoms with E-state index in [4.69, 9.17) is 14.2 Å². The van der Waals surface area contributed by atoms with Crippen LogP contribution in [0.15, 0.2) is 60.7 Å². The van der Waals surface area contributed by atoms with Crippen LogP contribution in [-0.2, 0) is 0 Å². The number of aliphatic hydroxyl groups is 2. The summed E-state index contributed by atoms with van der Waals surface area (Å²) >= 11 is 0. The van der Waals surface area contributed by atoms with Crippen molar-refractivity contribution in [2.24, 2.45) is 0 Å². The zero-order valence-corrected chi connectivity index (χ0v) is 21.1. The molecule has 5 nitrogen and oxygen atoms in total. The Morgan fingerprint density at radius 2 is 1.31 bits per heavy atom. The molecular weight excluding hydrogens is 440 g/mol. The van der Waals surface area contributed by atoms with Crippen LogP contribution in [0.25, 0.3) is 10.8 Å². The zero-order valence-electron chi connectivity index (χ0n) is 21.1. The van der Waals surface area contributed by atoms with E-state index in [1.807, 2.05) is 60.7 Å². The number of para-hydroxylation sites is 1. The summed E-state index contributed by atoms with van der Waals surface area (Å²) in [6.45, 7) is 4.76. The van der Waals surface area contributed by atoms with E-state index in [9.17, 15) is 10.2 Å². The smallest absolute Gasteiger partial charge is 0.177 e. The quantitative estimate of drug-likeness (QED) is 0.211. The van der Waals surface area contributed by atoms with Gasteiger partial charge in [0, 0.05) is 5.39 Å². The van der Waals surface area contributed by atoms with E-state index >= 15 is 0 Å². The molecule has 0 aliphatic carbocycles. The molecular formula is C30H40O5. The van der Waals surface area contributed by atoms with Gasteiger partial charge in [-0.3, -0.25) is 0 Å². The lowest BCUT2D eigenvalue weighted by Gasteiger charge is -2.18. The maximum Gasteiger partial charge on any atom is 0.177 e. The average molecular weight is 481 g/mol. The molecule has 0 bridgehead atoms. The number of unbranched alkanes of at least 4 members (excludes halogenated alkanes) is 4. The Hall–Kier alpha value is -2.76. The van der Waals surface area contributed by atoms with Gasteiger partial charge in [0.05, 0.1) is 12.2 Å². The van der Waals surface area contributed by atoms with E-state index in [2.05, 4.69) is 13.8 Å². The van der Waals surface area contributed by atoms with Crippen molar-refractivity contribution in [2.75, 3.05) is 13.2 Å². The fraction of sp³-hybridized carbons (Fsp3) is 0.467. The van der Waals surface area contributed by atoms with Crippen LogP contribution in [0.2, 0.25) is 0 Å². The van der Waals surface area contributed by atoms with E-state index in [1.54, 1.807) is 0 Å². The molecule has 3 rings (SSSR count). The largest absolute Gasteiger partial charge is 0.491 e. The van der Waals surface area contributed by atoms with Gasteiger partial charge in [-0.2, -0.15) is 0 Å². The van der Waals surface area contributed by atoms with Crippen LogP contribution in [0, 0.1) is 0 Å². The molecule has 0 saturated carbocycles. The van der Waals surface area contributed by atoms with E-state index in [0.717, 1.165) is 62.1 Å². The van der Waals surface area contributed by atoms with Gasteiger partial charge in [0.15, 0.2) is 11.5 Å². The topological polar surface area (TPSA) is 68.2 Å². The highest BCUT2D eigenvalue weighted by molar-refractivity contribution is 5.92. The third kappa shape index (κ3) is 8.75. The van der Waals surface area contributed by atoms with Gasteiger partial charge in [-0.05, 0) is 48.6 Å². The molecule has 35 heavy (non-hydrogen) atoms. The molecule has 0 fully saturated rings. The van der Waals surface area contributed by atoms with Crippen LogP contribution in [0.5, 0.6) is 23.0 Å². The standard InChI is InChI=1S/C30H40O5/c1-3-5-8-12-24(31)21-33-27-18-16-23-17-19-29(34-22-25(32)13-9-6-4-2)30(28(23)20-27)35-26-14-10-7-11-15-26/h7,10-11,14-20,24-25,31-32H,3-6,8-9,12-13,21-22H2,1-2H3. The highest BCUT2D eigenvalue weighted by Gasteiger charge is 2.15. The fourth-order valence-electron chi connectivity index (χ4n) is 3.97. The van der Waals surface area contributed by atoms with Crippen LogP contribution in [0.1, 0.15) is 65.2 Å². The van der Waals surface area contributed by atoms with Crippen molar-refractivity contribution in [3.8, 4) is 23.0 Å². The van der Waals surface area contributed by atoms with Gasteiger partial charge in [-0.1, -0.05) is 82.7 Å². The van der Waals surface area contributed by atoms with E-state index in [1.165, 1.54) is 0 Å². The van der Waals surface area contributed by atoms with Crippen molar-refractivity contribution in [3.63, 3.8) is 0 Å². The summed E-state index contributed by atoms with van der Waals surface area (Å²) in [6, 6.07) is 19.3. The SMILES string of the molecule is CCCCCC(O)COc1ccc2ccc(OCC(O)CCCCC)c(Oc3ccccc3)c2c1. The molecule has 2 atom stereocenters. The number of benzene rings is 3. The second-order valence-electron chi connectivity index (χ2n) is 9.11. The van der Waals surface area contributed by atoms with Crippen molar-refractivity contribution >= 4 is 10.8 Å². The van der Waals surface area contributed by atoms with Gasteiger partial charge in [0.25, 0.3) is 0 Å². The minimum atomic E-state index is -0.523. The molecule has 2 unspecified atom stereocenters.